The van der Waals surface area contributed by atoms with Gasteiger partial charge in [0.05, 0.1) is 18.4 Å². The number of rotatable bonds is 5. The van der Waals surface area contributed by atoms with Crippen LogP contribution >= 0.6 is 0 Å². The molecule has 1 rings (SSSR count). The number of esters is 1. The van der Waals surface area contributed by atoms with E-state index in [2.05, 4.69) is 0 Å². The minimum atomic E-state index is -0.468. The molecule has 1 atom stereocenters. The van der Waals surface area contributed by atoms with Crippen molar-refractivity contribution < 1.29 is 14.6 Å². The van der Waals surface area contributed by atoms with Crippen LogP contribution in [0.3, 0.4) is 0 Å². The number of carbonyl (C=O) groups is 1. The number of hydrogen-bond donors (Lipinski definition) is 2. The maximum atomic E-state index is 11.8. The fourth-order valence-electron chi connectivity index (χ4n) is 1.49. The zero-order valence-corrected chi connectivity index (χ0v) is 10.5. The lowest BCUT2D eigenvalue weighted by Gasteiger charge is -2.12. The van der Waals surface area contributed by atoms with Gasteiger partial charge in [0.15, 0.2) is 0 Å². The van der Waals surface area contributed by atoms with Crippen molar-refractivity contribution >= 4 is 11.7 Å². The average molecular weight is 240 g/mol. The molecule has 0 saturated heterocycles. The third-order valence-electron chi connectivity index (χ3n) is 2.40. The monoisotopic (exact) mass is 240 g/mol. The number of hydrogen-bond acceptors (Lipinski definition) is 4. The Bertz CT molecular complexity index is 383. The summed E-state index contributed by atoms with van der Waals surface area (Å²) in [5, 5.41) is 9.07. The van der Waals surface area contributed by atoms with Gasteiger partial charge in [-0.2, -0.15) is 0 Å². The topological polar surface area (TPSA) is 77.5 Å². The number of aliphatic hydroxyl groups is 1. The minimum Gasteiger partial charge on any atom is -0.461 e. The third-order valence-corrected chi connectivity index (χ3v) is 2.40. The van der Waals surface area contributed by atoms with E-state index in [4.69, 9.17) is 15.6 Å². The maximum absolute atomic E-state index is 11.8. The predicted octanol–water partition coefficient (Wildman–Crippen LogP) is 1.58. The minimum absolute atomic E-state index is 0.145. The van der Waals surface area contributed by atoms with Crippen LogP contribution in [-0.2, 0) is 4.74 Å². The molecule has 1 aromatic rings. The Morgan fingerprint density at radius 3 is 2.71 bits per heavy atom. The van der Waals surface area contributed by atoms with E-state index >= 15 is 0 Å². The van der Waals surface area contributed by atoms with E-state index in [9.17, 15) is 4.79 Å². The molecule has 17 heavy (non-hydrogen) atoms. The van der Waals surface area contributed by atoms with Crippen LogP contribution in [-0.4, -0.2) is 28.4 Å². The van der Waals surface area contributed by atoms with Crippen molar-refractivity contribution in [3.05, 3.63) is 18.0 Å². The van der Waals surface area contributed by atoms with Gasteiger partial charge in [-0.15, -0.1) is 0 Å². The summed E-state index contributed by atoms with van der Waals surface area (Å²) >= 11 is 0. The fourth-order valence-corrected chi connectivity index (χ4v) is 1.49. The maximum Gasteiger partial charge on any atom is 0.355 e. The third kappa shape index (κ3) is 3.78. The van der Waals surface area contributed by atoms with Crippen molar-refractivity contribution in [1.29, 1.82) is 0 Å². The zero-order chi connectivity index (χ0) is 13.0. The number of anilines is 1. The number of carbonyl (C=O) groups excluding carboxylic acids is 1. The molecule has 0 aliphatic heterocycles. The molecule has 0 fully saturated rings. The van der Waals surface area contributed by atoms with Crippen molar-refractivity contribution in [2.75, 3.05) is 12.3 Å². The van der Waals surface area contributed by atoms with E-state index < -0.39 is 12.1 Å². The van der Waals surface area contributed by atoms with Crippen LogP contribution in [0.1, 0.15) is 43.7 Å². The first-order valence-corrected chi connectivity index (χ1v) is 5.74. The van der Waals surface area contributed by atoms with Gasteiger partial charge in [0.1, 0.15) is 5.69 Å². The van der Waals surface area contributed by atoms with Gasteiger partial charge in [0.2, 0.25) is 0 Å². The smallest absolute Gasteiger partial charge is 0.355 e. The van der Waals surface area contributed by atoms with Gasteiger partial charge >= 0.3 is 5.97 Å². The Balaban J connectivity index is 2.68. The molecule has 0 aliphatic carbocycles. The number of nitrogens with zero attached hydrogens (tertiary/aromatic N) is 1. The zero-order valence-electron chi connectivity index (χ0n) is 10.5. The lowest BCUT2D eigenvalue weighted by atomic mass is 10.3. The Labute approximate surface area is 101 Å². The van der Waals surface area contributed by atoms with E-state index in [0.717, 1.165) is 0 Å². The predicted molar refractivity (Wildman–Crippen MR) is 65.8 cm³/mol. The molecule has 3 N–H and O–H groups in total. The van der Waals surface area contributed by atoms with Gasteiger partial charge in [-0.1, -0.05) is 0 Å². The van der Waals surface area contributed by atoms with Crippen LogP contribution in [0, 0.1) is 0 Å². The first kappa shape index (κ1) is 13.6. The lowest BCUT2D eigenvalue weighted by molar-refractivity contribution is 0.0430. The van der Waals surface area contributed by atoms with Crippen molar-refractivity contribution in [2.24, 2.45) is 0 Å². The van der Waals surface area contributed by atoms with Crippen LogP contribution in [0.15, 0.2) is 12.3 Å². The molecule has 0 spiro atoms. The van der Waals surface area contributed by atoms with Crippen LogP contribution in [0.4, 0.5) is 5.69 Å². The van der Waals surface area contributed by atoms with Crippen molar-refractivity contribution in [3.8, 4) is 0 Å². The molecule has 0 aromatic carbocycles. The normalized spacial score (nSPS) is 12.8. The molecule has 0 saturated carbocycles. The van der Waals surface area contributed by atoms with E-state index in [0.29, 0.717) is 17.8 Å². The second-order valence-corrected chi connectivity index (χ2v) is 4.43. The molecule has 1 heterocycles. The summed E-state index contributed by atoms with van der Waals surface area (Å²) in [4.78, 5) is 11.8. The average Bonchev–Trinajstić information content (AvgIpc) is 2.59. The van der Waals surface area contributed by atoms with Gasteiger partial charge in [0.25, 0.3) is 0 Å². The Morgan fingerprint density at radius 1 is 1.53 bits per heavy atom. The number of nitrogen functional groups attached to an aromatic ring is 1. The van der Waals surface area contributed by atoms with E-state index in [1.807, 2.05) is 13.8 Å². The van der Waals surface area contributed by atoms with Crippen molar-refractivity contribution in [2.45, 2.75) is 39.3 Å². The molecule has 5 heteroatoms. The first-order valence-electron chi connectivity index (χ1n) is 5.74. The molecule has 1 aromatic heterocycles. The van der Waals surface area contributed by atoms with Crippen molar-refractivity contribution in [3.63, 3.8) is 0 Å². The second kappa shape index (κ2) is 5.72. The van der Waals surface area contributed by atoms with E-state index in [1.54, 1.807) is 23.8 Å². The highest BCUT2D eigenvalue weighted by Gasteiger charge is 2.16. The highest BCUT2D eigenvalue weighted by Crippen LogP contribution is 2.17. The second-order valence-electron chi connectivity index (χ2n) is 4.43. The number of aromatic nitrogens is 1. The fraction of sp³-hybridized carbons (Fsp3) is 0.583. The molecule has 0 aliphatic rings. The first-order chi connectivity index (χ1) is 7.91. The molecule has 0 bridgehead atoms. The molecular weight excluding hydrogens is 220 g/mol. The summed E-state index contributed by atoms with van der Waals surface area (Å²) in [6, 6.07) is 1.75. The highest BCUT2D eigenvalue weighted by molar-refractivity contribution is 5.89. The molecule has 5 nitrogen and oxygen atoms in total. The van der Waals surface area contributed by atoms with Gasteiger partial charge < -0.3 is 20.1 Å². The lowest BCUT2D eigenvalue weighted by Crippen LogP contribution is -2.15. The summed E-state index contributed by atoms with van der Waals surface area (Å²) in [6.07, 6.45) is 1.68. The molecule has 1 unspecified atom stereocenters. The number of aliphatic hydroxyl groups excluding tert-OH is 1. The van der Waals surface area contributed by atoms with Crippen LogP contribution in [0.2, 0.25) is 0 Å². The summed E-state index contributed by atoms with van der Waals surface area (Å²) in [6.45, 7) is 5.79. The molecule has 96 valence electrons. The summed E-state index contributed by atoms with van der Waals surface area (Å²) in [5.41, 5.74) is 6.65. The number of nitrogens with two attached hydrogens (primary N) is 1. The van der Waals surface area contributed by atoms with Crippen LogP contribution in [0.25, 0.3) is 0 Å². The Hall–Kier alpha value is -1.49. The molecule has 0 radical (unpaired) electrons. The van der Waals surface area contributed by atoms with E-state index in [1.165, 1.54) is 0 Å². The largest absolute Gasteiger partial charge is 0.461 e. The van der Waals surface area contributed by atoms with Gasteiger partial charge in [-0.05, 0) is 26.8 Å². The van der Waals surface area contributed by atoms with Crippen molar-refractivity contribution in [1.82, 2.24) is 4.57 Å². The quantitative estimate of drug-likeness (QED) is 0.766. The number of ether oxygens (including phenoxy) is 1. The Morgan fingerprint density at radius 2 is 2.18 bits per heavy atom. The van der Waals surface area contributed by atoms with Gasteiger partial charge in [-0.3, -0.25) is 0 Å². The molecular formula is C12H20N2O3. The standard InChI is InChI=1S/C12H20N2O3/c1-8(2)14-7-10(13)6-11(14)12(16)17-5-4-9(3)15/h6-9,15H,4-5,13H2,1-3H3. The highest BCUT2D eigenvalue weighted by atomic mass is 16.5. The SMILES string of the molecule is CC(O)CCOC(=O)c1cc(N)cn1C(C)C. The summed E-state index contributed by atoms with van der Waals surface area (Å²) < 4.78 is 6.85. The van der Waals surface area contributed by atoms with Crippen LogP contribution in [0.5, 0.6) is 0 Å². The summed E-state index contributed by atoms with van der Waals surface area (Å²) in [7, 11) is 0. The molecule has 0 amide bonds. The van der Waals surface area contributed by atoms with Crippen LogP contribution < -0.4 is 5.73 Å². The Kier molecular flexibility index (Phi) is 4.57. The van der Waals surface area contributed by atoms with E-state index in [-0.39, 0.29) is 12.6 Å². The summed E-state index contributed by atoms with van der Waals surface area (Å²) in [5.74, 6) is -0.406. The van der Waals surface area contributed by atoms with Gasteiger partial charge in [-0.25, -0.2) is 4.79 Å². The van der Waals surface area contributed by atoms with Gasteiger partial charge in [0, 0.05) is 18.7 Å².